The summed E-state index contributed by atoms with van der Waals surface area (Å²) in [4.78, 5) is -0.0687. The lowest BCUT2D eigenvalue weighted by molar-refractivity contribution is -0.137. The van der Waals surface area contributed by atoms with E-state index in [9.17, 15) is 26.0 Å². The third kappa shape index (κ3) is 3.68. The molecule has 0 aliphatic carbocycles. The number of alkyl halides is 3. The third-order valence-electron chi connectivity index (χ3n) is 3.80. The van der Waals surface area contributed by atoms with Crippen molar-refractivity contribution in [2.24, 2.45) is 5.10 Å². The minimum absolute atomic E-state index is 0.00486. The van der Waals surface area contributed by atoms with E-state index in [-0.39, 0.29) is 39.1 Å². The SMILES string of the molecule is O=S1(=O)CC/C(=N/Nc2cc(C(F)(F)F)ccc2Cl)c2cc(F)ccc21. The van der Waals surface area contributed by atoms with Crippen molar-refractivity contribution in [3.63, 3.8) is 0 Å². The predicted molar refractivity (Wildman–Crippen MR) is 89.7 cm³/mol. The first-order chi connectivity index (χ1) is 12.1. The zero-order valence-corrected chi connectivity index (χ0v) is 14.5. The molecule has 4 nitrogen and oxygen atoms in total. The molecule has 0 saturated carbocycles. The van der Waals surface area contributed by atoms with Crippen molar-refractivity contribution in [1.82, 2.24) is 0 Å². The number of anilines is 1. The van der Waals surface area contributed by atoms with Gasteiger partial charge in [-0.15, -0.1) is 0 Å². The van der Waals surface area contributed by atoms with Crippen molar-refractivity contribution in [3.05, 3.63) is 58.4 Å². The first-order valence-corrected chi connectivity index (χ1v) is 9.33. The van der Waals surface area contributed by atoms with Gasteiger partial charge in [-0.3, -0.25) is 5.43 Å². The molecule has 3 rings (SSSR count). The van der Waals surface area contributed by atoms with Gasteiger partial charge in [-0.25, -0.2) is 12.8 Å². The Bertz CT molecular complexity index is 1000. The van der Waals surface area contributed by atoms with Crippen LogP contribution in [-0.4, -0.2) is 19.9 Å². The normalized spacial score (nSPS) is 17.8. The number of nitrogens with one attached hydrogen (secondary N) is 1. The average Bonchev–Trinajstić information content (AvgIpc) is 2.54. The molecule has 0 saturated heterocycles. The first-order valence-electron chi connectivity index (χ1n) is 7.30. The molecule has 138 valence electrons. The molecule has 2 aromatic rings. The Balaban J connectivity index is 1.99. The second-order valence-corrected chi connectivity index (χ2v) is 8.06. The van der Waals surface area contributed by atoms with Crippen LogP contribution in [0.5, 0.6) is 0 Å². The maximum atomic E-state index is 13.5. The van der Waals surface area contributed by atoms with Gasteiger partial charge >= 0.3 is 6.18 Å². The number of rotatable bonds is 2. The van der Waals surface area contributed by atoms with E-state index in [1.807, 2.05) is 0 Å². The topological polar surface area (TPSA) is 58.5 Å². The van der Waals surface area contributed by atoms with Crippen LogP contribution < -0.4 is 5.43 Å². The summed E-state index contributed by atoms with van der Waals surface area (Å²) in [6.07, 6.45) is -4.56. The molecule has 0 atom stereocenters. The van der Waals surface area contributed by atoms with Gasteiger partial charge in [-0.05, 0) is 36.4 Å². The molecule has 0 fully saturated rings. The van der Waals surface area contributed by atoms with Crippen LogP contribution in [0.15, 0.2) is 46.4 Å². The van der Waals surface area contributed by atoms with Gasteiger partial charge in [0, 0.05) is 12.0 Å². The summed E-state index contributed by atoms with van der Waals surface area (Å²) in [5.74, 6) is -0.881. The van der Waals surface area contributed by atoms with Gasteiger partial charge in [-0.2, -0.15) is 18.3 Å². The monoisotopic (exact) mass is 406 g/mol. The molecule has 1 N–H and O–H groups in total. The summed E-state index contributed by atoms with van der Waals surface area (Å²) in [7, 11) is -3.56. The van der Waals surface area contributed by atoms with E-state index in [1.165, 1.54) is 0 Å². The Morgan fingerprint density at radius 2 is 1.85 bits per heavy atom. The Kier molecular flexibility index (Phi) is 4.70. The second kappa shape index (κ2) is 6.55. The molecule has 0 amide bonds. The van der Waals surface area contributed by atoms with E-state index >= 15 is 0 Å². The Hall–Kier alpha value is -2.13. The molecule has 0 spiro atoms. The highest BCUT2D eigenvalue weighted by Crippen LogP contribution is 2.34. The summed E-state index contributed by atoms with van der Waals surface area (Å²) in [5, 5.41) is 3.97. The van der Waals surface area contributed by atoms with Crippen LogP contribution in [0.3, 0.4) is 0 Å². The maximum absolute atomic E-state index is 13.5. The average molecular weight is 407 g/mol. The largest absolute Gasteiger partial charge is 0.416 e. The molecule has 0 aromatic heterocycles. The van der Waals surface area contributed by atoms with E-state index in [4.69, 9.17) is 11.6 Å². The molecule has 1 aliphatic heterocycles. The Morgan fingerprint density at radius 1 is 1.12 bits per heavy atom. The predicted octanol–water partition coefficient (Wildman–Crippen LogP) is 4.49. The minimum atomic E-state index is -4.55. The fraction of sp³-hybridized carbons (Fsp3) is 0.188. The van der Waals surface area contributed by atoms with Crippen molar-refractivity contribution in [2.75, 3.05) is 11.2 Å². The lowest BCUT2D eigenvalue weighted by Gasteiger charge is -2.18. The highest BCUT2D eigenvalue weighted by atomic mass is 35.5. The lowest BCUT2D eigenvalue weighted by Crippen LogP contribution is -2.23. The number of fused-ring (bicyclic) bond motifs is 1. The van der Waals surface area contributed by atoms with Gasteiger partial charge in [0.1, 0.15) is 5.82 Å². The highest BCUT2D eigenvalue weighted by Gasteiger charge is 2.31. The van der Waals surface area contributed by atoms with E-state index in [0.29, 0.717) is 0 Å². The van der Waals surface area contributed by atoms with Crippen LogP contribution in [0, 0.1) is 5.82 Å². The van der Waals surface area contributed by atoms with E-state index < -0.39 is 27.4 Å². The lowest BCUT2D eigenvalue weighted by atomic mass is 10.1. The molecule has 1 heterocycles. The minimum Gasteiger partial charge on any atom is -0.277 e. The Labute approximate surface area is 151 Å². The van der Waals surface area contributed by atoms with Crippen LogP contribution in [0.25, 0.3) is 0 Å². The molecule has 0 bridgehead atoms. The fourth-order valence-electron chi connectivity index (χ4n) is 2.51. The number of sulfone groups is 1. The van der Waals surface area contributed by atoms with E-state index in [0.717, 1.165) is 36.4 Å². The third-order valence-corrected chi connectivity index (χ3v) is 5.90. The number of benzene rings is 2. The van der Waals surface area contributed by atoms with Crippen molar-refractivity contribution in [1.29, 1.82) is 0 Å². The molecule has 26 heavy (non-hydrogen) atoms. The number of halogens is 5. The highest BCUT2D eigenvalue weighted by molar-refractivity contribution is 7.91. The van der Waals surface area contributed by atoms with E-state index in [1.54, 1.807) is 0 Å². The zero-order valence-electron chi connectivity index (χ0n) is 12.9. The smallest absolute Gasteiger partial charge is 0.277 e. The van der Waals surface area contributed by atoms with Crippen molar-refractivity contribution >= 4 is 32.8 Å². The van der Waals surface area contributed by atoms with Gasteiger partial charge in [0.15, 0.2) is 9.84 Å². The maximum Gasteiger partial charge on any atom is 0.416 e. The molecular formula is C16H11ClF4N2O2S. The molecule has 1 aliphatic rings. The fourth-order valence-corrected chi connectivity index (χ4v) is 4.13. The zero-order chi connectivity index (χ0) is 19.1. The van der Waals surface area contributed by atoms with Crippen molar-refractivity contribution < 1.29 is 26.0 Å². The van der Waals surface area contributed by atoms with Gasteiger partial charge in [0.25, 0.3) is 0 Å². The second-order valence-electron chi connectivity index (χ2n) is 5.57. The van der Waals surface area contributed by atoms with Gasteiger partial charge < -0.3 is 0 Å². The molecule has 0 unspecified atom stereocenters. The number of hydrogen-bond donors (Lipinski definition) is 1. The summed E-state index contributed by atoms with van der Waals surface area (Å²) in [6, 6.07) is 5.89. The Morgan fingerprint density at radius 3 is 2.54 bits per heavy atom. The number of hydrogen-bond acceptors (Lipinski definition) is 4. The van der Waals surface area contributed by atoms with Gasteiger partial charge in [-0.1, -0.05) is 11.6 Å². The molecular weight excluding hydrogens is 396 g/mol. The number of nitrogens with zero attached hydrogens (tertiary/aromatic N) is 1. The van der Waals surface area contributed by atoms with Crippen molar-refractivity contribution in [3.8, 4) is 0 Å². The molecule has 10 heteroatoms. The molecule has 2 aromatic carbocycles. The van der Waals surface area contributed by atoms with Crippen molar-refractivity contribution in [2.45, 2.75) is 17.5 Å². The first kappa shape index (κ1) is 18.7. The van der Waals surface area contributed by atoms with E-state index in [2.05, 4.69) is 10.5 Å². The van der Waals surface area contributed by atoms with Crippen LogP contribution in [0.1, 0.15) is 17.5 Å². The van der Waals surface area contributed by atoms with Crippen LogP contribution >= 0.6 is 11.6 Å². The number of hydrazone groups is 1. The summed E-state index contributed by atoms with van der Waals surface area (Å²) < 4.78 is 76.1. The van der Waals surface area contributed by atoms with Crippen LogP contribution in [0.4, 0.5) is 23.2 Å². The summed E-state index contributed by atoms with van der Waals surface area (Å²) >= 11 is 5.88. The quantitative estimate of drug-likeness (QED) is 0.454. The van der Waals surface area contributed by atoms with Crippen LogP contribution in [0.2, 0.25) is 5.02 Å². The molecule has 0 radical (unpaired) electrons. The summed E-state index contributed by atoms with van der Waals surface area (Å²) in [5.41, 5.74) is 1.70. The standard InChI is InChI=1S/C16H11ClF4N2O2S/c17-12-3-1-9(16(19,20)21)7-14(12)23-22-13-5-6-26(24,25)15-4-2-10(18)8-11(13)15/h1-4,7-8,23H,5-6H2/b22-13-. The van der Waals surface area contributed by atoms with Gasteiger partial charge in [0.2, 0.25) is 0 Å². The van der Waals surface area contributed by atoms with Crippen LogP contribution in [-0.2, 0) is 16.0 Å². The van der Waals surface area contributed by atoms with Gasteiger partial charge in [0.05, 0.1) is 32.6 Å². The summed E-state index contributed by atoms with van der Waals surface area (Å²) in [6.45, 7) is 0.